The van der Waals surface area contributed by atoms with Crippen LogP contribution in [0.2, 0.25) is 0 Å². The molecular weight excluding hydrogens is 278 g/mol. The van der Waals surface area contributed by atoms with E-state index in [1.807, 2.05) is 6.08 Å². The van der Waals surface area contributed by atoms with Gasteiger partial charge in [0.25, 0.3) is 0 Å². The van der Waals surface area contributed by atoms with E-state index in [2.05, 4.69) is 79.2 Å². The monoisotopic (exact) mass is 297 g/mol. The molecule has 3 aromatic carbocycles. The molecule has 0 saturated heterocycles. The lowest BCUT2D eigenvalue weighted by molar-refractivity contribution is 1.29. The van der Waals surface area contributed by atoms with Crippen molar-refractivity contribution in [2.75, 3.05) is 0 Å². The highest BCUT2D eigenvalue weighted by atomic mass is 14.7. The molecule has 0 spiro atoms. The van der Waals surface area contributed by atoms with Crippen molar-refractivity contribution in [3.8, 4) is 11.1 Å². The van der Waals surface area contributed by atoms with Gasteiger partial charge in [-0.25, -0.2) is 0 Å². The summed E-state index contributed by atoms with van der Waals surface area (Å²) < 4.78 is 0. The minimum Gasteiger partial charge on any atom is -0.355 e. The van der Waals surface area contributed by atoms with Crippen molar-refractivity contribution in [3.05, 3.63) is 84.4 Å². The number of rotatable bonds is 3. The number of fused-ring (bicyclic) bond motifs is 3. The maximum absolute atomic E-state index is 3.84. The zero-order chi connectivity index (χ0) is 15.8. The third-order valence-corrected chi connectivity index (χ3v) is 4.39. The fraction of sp³-hybridized carbons (Fsp3) is 0.0909. The van der Waals surface area contributed by atoms with Gasteiger partial charge in [0.2, 0.25) is 0 Å². The molecule has 1 aromatic heterocycles. The van der Waals surface area contributed by atoms with Crippen LogP contribution in [0.25, 0.3) is 32.9 Å². The van der Waals surface area contributed by atoms with Gasteiger partial charge in [0, 0.05) is 21.8 Å². The molecule has 4 aromatic rings. The van der Waals surface area contributed by atoms with Crippen molar-refractivity contribution in [3.63, 3.8) is 0 Å². The molecule has 1 heteroatoms. The highest BCUT2D eigenvalue weighted by Gasteiger charge is 2.07. The second-order valence-electron chi connectivity index (χ2n) is 6.13. The Labute approximate surface area is 136 Å². The average molecular weight is 297 g/mol. The summed E-state index contributed by atoms with van der Waals surface area (Å²) in [6, 6.07) is 21.9. The number of hydrogen-bond donors (Lipinski definition) is 1. The summed E-state index contributed by atoms with van der Waals surface area (Å²) in [7, 11) is 0. The normalized spacial score (nSPS) is 11.2. The maximum Gasteiger partial charge on any atom is 0.0465 e. The van der Waals surface area contributed by atoms with Crippen LogP contribution in [0, 0.1) is 6.92 Å². The van der Waals surface area contributed by atoms with E-state index >= 15 is 0 Å². The predicted molar refractivity (Wildman–Crippen MR) is 99.9 cm³/mol. The molecule has 23 heavy (non-hydrogen) atoms. The van der Waals surface area contributed by atoms with E-state index in [0.29, 0.717) is 0 Å². The number of nitrogens with one attached hydrogen (secondary N) is 1. The molecule has 112 valence electrons. The van der Waals surface area contributed by atoms with Gasteiger partial charge >= 0.3 is 0 Å². The summed E-state index contributed by atoms with van der Waals surface area (Å²) in [6.07, 6.45) is 2.86. The van der Waals surface area contributed by atoms with E-state index in [1.165, 1.54) is 44.1 Å². The van der Waals surface area contributed by atoms with Gasteiger partial charge in [-0.3, -0.25) is 0 Å². The van der Waals surface area contributed by atoms with Crippen molar-refractivity contribution in [1.82, 2.24) is 4.98 Å². The Morgan fingerprint density at radius 3 is 2.39 bits per heavy atom. The van der Waals surface area contributed by atoms with Gasteiger partial charge < -0.3 is 4.98 Å². The van der Waals surface area contributed by atoms with Crippen LogP contribution in [0.3, 0.4) is 0 Å². The molecular formula is C22H19N. The second kappa shape index (κ2) is 5.44. The minimum atomic E-state index is 0.903. The molecule has 0 aliphatic carbocycles. The summed E-state index contributed by atoms with van der Waals surface area (Å²) in [5.74, 6) is 0. The van der Waals surface area contributed by atoms with E-state index in [4.69, 9.17) is 0 Å². The number of aromatic amines is 1. The molecule has 0 aliphatic rings. The average Bonchev–Trinajstić information content (AvgIpc) is 2.92. The Kier molecular flexibility index (Phi) is 3.27. The highest BCUT2D eigenvalue weighted by molar-refractivity contribution is 6.08. The molecule has 0 radical (unpaired) electrons. The van der Waals surface area contributed by atoms with Gasteiger partial charge in [0.05, 0.1) is 0 Å². The van der Waals surface area contributed by atoms with Crippen molar-refractivity contribution in [1.29, 1.82) is 0 Å². The first kappa shape index (κ1) is 13.8. The van der Waals surface area contributed by atoms with E-state index in [9.17, 15) is 0 Å². The number of aromatic nitrogens is 1. The van der Waals surface area contributed by atoms with Gasteiger partial charge in [0.15, 0.2) is 0 Å². The first-order valence-corrected chi connectivity index (χ1v) is 7.97. The van der Waals surface area contributed by atoms with Gasteiger partial charge in [0.1, 0.15) is 0 Å². The van der Waals surface area contributed by atoms with E-state index < -0.39 is 0 Å². The molecule has 0 unspecified atom stereocenters. The summed E-state index contributed by atoms with van der Waals surface area (Å²) in [6.45, 7) is 5.97. The van der Waals surface area contributed by atoms with Crippen molar-refractivity contribution in [2.24, 2.45) is 0 Å². The zero-order valence-corrected chi connectivity index (χ0v) is 13.3. The summed E-state index contributed by atoms with van der Waals surface area (Å²) >= 11 is 0. The van der Waals surface area contributed by atoms with Crippen LogP contribution in [0.1, 0.15) is 11.1 Å². The second-order valence-corrected chi connectivity index (χ2v) is 6.13. The van der Waals surface area contributed by atoms with Crippen LogP contribution in [-0.4, -0.2) is 4.98 Å². The first-order valence-electron chi connectivity index (χ1n) is 7.97. The largest absolute Gasteiger partial charge is 0.355 e. The van der Waals surface area contributed by atoms with Crippen LogP contribution in [0.5, 0.6) is 0 Å². The lowest BCUT2D eigenvalue weighted by Crippen LogP contribution is -1.80. The number of allylic oxidation sites excluding steroid dienone is 1. The molecule has 1 N–H and O–H groups in total. The van der Waals surface area contributed by atoms with Crippen molar-refractivity contribution in [2.45, 2.75) is 13.3 Å². The van der Waals surface area contributed by atoms with Gasteiger partial charge in [-0.1, -0.05) is 48.0 Å². The summed E-state index contributed by atoms with van der Waals surface area (Å²) in [5.41, 5.74) is 7.49. The highest BCUT2D eigenvalue weighted by Crippen LogP contribution is 2.31. The standard InChI is InChI=1S/C22H19N/c1-3-5-16-8-10-21-19(13-16)20-14-18(9-11-22(20)23-21)17-7-4-6-15(2)12-17/h3-4,6-14,23H,1,5H2,2H3. The van der Waals surface area contributed by atoms with Crippen LogP contribution in [0.4, 0.5) is 0 Å². The van der Waals surface area contributed by atoms with E-state index in [1.54, 1.807) is 0 Å². The van der Waals surface area contributed by atoms with Crippen molar-refractivity contribution >= 4 is 21.8 Å². The molecule has 0 saturated carbocycles. The number of H-pyrrole nitrogens is 1. The van der Waals surface area contributed by atoms with Gasteiger partial charge in [-0.2, -0.15) is 0 Å². The van der Waals surface area contributed by atoms with Crippen LogP contribution < -0.4 is 0 Å². The van der Waals surface area contributed by atoms with Crippen LogP contribution >= 0.6 is 0 Å². The molecule has 1 nitrogen and oxygen atoms in total. The topological polar surface area (TPSA) is 15.8 Å². The van der Waals surface area contributed by atoms with Crippen LogP contribution in [-0.2, 0) is 6.42 Å². The third-order valence-electron chi connectivity index (χ3n) is 4.39. The number of aryl methyl sites for hydroxylation is 1. The lowest BCUT2D eigenvalue weighted by Gasteiger charge is -2.04. The fourth-order valence-corrected chi connectivity index (χ4v) is 3.24. The molecule has 0 fully saturated rings. The predicted octanol–water partition coefficient (Wildman–Crippen LogP) is 6.03. The summed E-state index contributed by atoms with van der Waals surface area (Å²) in [5, 5.41) is 2.57. The Balaban J connectivity index is 1.94. The Bertz CT molecular complexity index is 1020. The third kappa shape index (κ3) is 2.44. The SMILES string of the molecule is C=CCc1ccc2[nH]c3ccc(-c4cccc(C)c4)cc3c2c1. The Hall–Kier alpha value is -2.80. The Morgan fingerprint density at radius 1 is 0.870 bits per heavy atom. The quantitative estimate of drug-likeness (QED) is 0.445. The minimum absolute atomic E-state index is 0.903. The maximum atomic E-state index is 3.84. The molecule has 0 amide bonds. The first-order chi connectivity index (χ1) is 11.2. The number of hydrogen-bond acceptors (Lipinski definition) is 0. The molecule has 0 aliphatic heterocycles. The van der Waals surface area contributed by atoms with E-state index in [0.717, 1.165) is 6.42 Å². The smallest absolute Gasteiger partial charge is 0.0465 e. The number of benzene rings is 3. The molecule has 1 heterocycles. The molecule has 0 atom stereocenters. The fourth-order valence-electron chi connectivity index (χ4n) is 3.24. The molecule has 4 rings (SSSR count). The molecule has 0 bridgehead atoms. The van der Waals surface area contributed by atoms with E-state index in [-0.39, 0.29) is 0 Å². The zero-order valence-electron chi connectivity index (χ0n) is 13.3. The van der Waals surface area contributed by atoms with Crippen molar-refractivity contribution < 1.29 is 0 Å². The Morgan fingerprint density at radius 2 is 1.61 bits per heavy atom. The van der Waals surface area contributed by atoms with Gasteiger partial charge in [-0.05, 0) is 54.3 Å². The van der Waals surface area contributed by atoms with Crippen LogP contribution in [0.15, 0.2) is 73.3 Å². The summed E-state index contributed by atoms with van der Waals surface area (Å²) in [4.78, 5) is 3.51. The van der Waals surface area contributed by atoms with Gasteiger partial charge in [-0.15, -0.1) is 6.58 Å². The lowest BCUT2D eigenvalue weighted by atomic mass is 10.0.